The Kier molecular flexibility index (Phi) is 2.98. The summed E-state index contributed by atoms with van der Waals surface area (Å²) < 4.78 is 2.11. The second-order valence-electron chi connectivity index (χ2n) is 4.67. The highest BCUT2D eigenvalue weighted by Crippen LogP contribution is 2.35. The molecular weight excluding hydrogens is 186 g/mol. The number of rotatable bonds is 2. The topological polar surface area (TPSA) is 43.8 Å². The molecule has 3 heteroatoms. The van der Waals surface area contributed by atoms with E-state index in [4.69, 9.17) is 5.73 Å². The maximum Gasteiger partial charge on any atom is 0.0823 e. The summed E-state index contributed by atoms with van der Waals surface area (Å²) in [6.07, 6.45) is 8.58. The van der Waals surface area contributed by atoms with E-state index in [2.05, 4.69) is 16.7 Å². The Morgan fingerprint density at radius 2 is 2.20 bits per heavy atom. The summed E-state index contributed by atoms with van der Waals surface area (Å²) in [6, 6.07) is 0.583. The molecular formula is C12H21N3. The molecule has 2 N–H and O–H groups in total. The smallest absolute Gasteiger partial charge is 0.0823 e. The summed E-state index contributed by atoms with van der Waals surface area (Å²) in [7, 11) is 0. The first kappa shape index (κ1) is 10.5. The number of aryl methyl sites for hydroxylation is 1. The Morgan fingerprint density at radius 3 is 2.80 bits per heavy atom. The van der Waals surface area contributed by atoms with Crippen LogP contribution in [-0.2, 0) is 0 Å². The van der Waals surface area contributed by atoms with E-state index < -0.39 is 0 Å². The largest absolute Gasteiger partial charge is 0.396 e. The predicted molar refractivity (Wildman–Crippen MR) is 62.7 cm³/mol. The average molecular weight is 207 g/mol. The average Bonchev–Trinajstić information content (AvgIpc) is 2.59. The summed E-state index contributed by atoms with van der Waals surface area (Å²) in [6.45, 7) is 4.26. The molecule has 2 unspecified atom stereocenters. The molecule has 0 aliphatic heterocycles. The van der Waals surface area contributed by atoms with Crippen LogP contribution in [0.3, 0.4) is 0 Å². The summed E-state index contributed by atoms with van der Waals surface area (Å²) >= 11 is 0. The van der Waals surface area contributed by atoms with E-state index in [-0.39, 0.29) is 0 Å². The number of anilines is 1. The lowest BCUT2D eigenvalue weighted by atomic mass is 9.83. The van der Waals surface area contributed by atoms with E-state index in [1.807, 2.05) is 13.1 Å². The first-order valence-corrected chi connectivity index (χ1v) is 6.03. The van der Waals surface area contributed by atoms with Crippen molar-refractivity contribution < 1.29 is 0 Å². The predicted octanol–water partition coefficient (Wildman–Crippen LogP) is 2.92. The van der Waals surface area contributed by atoms with Gasteiger partial charge in [-0.3, -0.25) is 4.68 Å². The zero-order chi connectivity index (χ0) is 10.8. The molecule has 1 aromatic heterocycles. The molecule has 2 atom stereocenters. The fraction of sp³-hybridized carbons (Fsp3) is 0.750. The zero-order valence-corrected chi connectivity index (χ0v) is 9.74. The van der Waals surface area contributed by atoms with Crippen molar-refractivity contribution in [2.75, 3.05) is 5.73 Å². The second-order valence-corrected chi connectivity index (χ2v) is 4.67. The molecule has 0 bridgehead atoms. The van der Waals surface area contributed by atoms with E-state index in [0.29, 0.717) is 6.04 Å². The fourth-order valence-corrected chi connectivity index (χ4v) is 2.68. The van der Waals surface area contributed by atoms with Crippen LogP contribution in [0.15, 0.2) is 6.20 Å². The summed E-state index contributed by atoms with van der Waals surface area (Å²) in [5.74, 6) is 0.789. The third-order valence-corrected chi connectivity index (χ3v) is 3.69. The molecule has 1 aromatic rings. The van der Waals surface area contributed by atoms with Gasteiger partial charge in [-0.15, -0.1) is 0 Å². The van der Waals surface area contributed by atoms with Gasteiger partial charge in [0.05, 0.1) is 17.4 Å². The molecule has 1 aliphatic rings. The molecule has 0 aromatic carbocycles. The first-order chi connectivity index (χ1) is 7.22. The maximum atomic E-state index is 5.85. The first-order valence-electron chi connectivity index (χ1n) is 6.03. The Hall–Kier alpha value is -0.990. The van der Waals surface area contributed by atoms with Gasteiger partial charge >= 0.3 is 0 Å². The van der Waals surface area contributed by atoms with Crippen LogP contribution >= 0.6 is 0 Å². The van der Waals surface area contributed by atoms with Crippen LogP contribution in [0.25, 0.3) is 0 Å². The molecule has 1 heterocycles. The molecule has 15 heavy (non-hydrogen) atoms. The number of nitrogens with two attached hydrogens (primary N) is 1. The van der Waals surface area contributed by atoms with Crippen LogP contribution in [0.4, 0.5) is 5.69 Å². The van der Waals surface area contributed by atoms with E-state index >= 15 is 0 Å². The minimum Gasteiger partial charge on any atom is -0.396 e. The Morgan fingerprint density at radius 1 is 1.47 bits per heavy atom. The third kappa shape index (κ3) is 2.01. The van der Waals surface area contributed by atoms with Crippen molar-refractivity contribution in [1.29, 1.82) is 0 Å². The molecule has 0 amide bonds. The lowest BCUT2D eigenvalue weighted by Gasteiger charge is -2.30. The summed E-state index contributed by atoms with van der Waals surface area (Å²) in [4.78, 5) is 0. The van der Waals surface area contributed by atoms with E-state index in [0.717, 1.165) is 17.3 Å². The lowest BCUT2D eigenvalue weighted by molar-refractivity contribution is 0.217. The minimum absolute atomic E-state index is 0.583. The van der Waals surface area contributed by atoms with Gasteiger partial charge in [0.15, 0.2) is 0 Å². The molecule has 84 valence electrons. The van der Waals surface area contributed by atoms with Gasteiger partial charge in [-0.1, -0.05) is 26.2 Å². The van der Waals surface area contributed by atoms with E-state index in [9.17, 15) is 0 Å². The van der Waals surface area contributed by atoms with Gasteiger partial charge in [-0.25, -0.2) is 0 Å². The van der Waals surface area contributed by atoms with Gasteiger partial charge < -0.3 is 5.73 Å². The highest BCUT2D eigenvalue weighted by molar-refractivity contribution is 5.39. The van der Waals surface area contributed by atoms with Crippen molar-refractivity contribution in [3.8, 4) is 0 Å². The number of hydrogen-bond donors (Lipinski definition) is 1. The fourth-order valence-electron chi connectivity index (χ4n) is 2.68. The van der Waals surface area contributed by atoms with Gasteiger partial charge in [-0.2, -0.15) is 5.10 Å². The number of aromatic nitrogens is 2. The second kappa shape index (κ2) is 4.25. The summed E-state index contributed by atoms with van der Waals surface area (Å²) in [5, 5.41) is 4.52. The standard InChI is InChI=1S/C12H21N3/c1-3-10-6-4-5-7-12(10)15-8-11(13)9(2)14-15/h8,10,12H,3-7,13H2,1-2H3. The Bertz CT molecular complexity index is 310. The van der Waals surface area contributed by atoms with Crippen LogP contribution in [-0.4, -0.2) is 9.78 Å². The van der Waals surface area contributed by atoms with Crippen molar-refractivity contribution in [2.45, 2.75) is 52.0 Å². The molecule has 1 saturated carbocycles. The summed E-state index contributed by atoms with van der Waals surface area (Å²) in [5.41, 5.74) is 7.65. The van der Waals surface area contributed by atoms with Crippen molar-refractivity contribution >= 4 is 5.69 Å². The number of nitrogen functional groups attached to an aromatic ring is 1. The van der Waals surface area contributed by atoms with Gasteiger partial charge in [0.1, 0.15) is 0 Å². The van der Waals surface area contributed by atoms with E-state index in [1.54, 1.807) is 0 Å². The molecule has 1 aliphatic carbocycles. The molecule has 0 spiro atoms. The van der Waals surface area contributed by atoms with Crippen LogP contribution in [0.2, 0.25) is 0 Å². The molecule has 0 radical (unpaired) electrons. The van der Waals surface area contributed by atoms with Gasteiger partial charge in [-0.05, 0) is 25.7 Å². The van der Waals surface area contributed by atoms with Crippen molar-refractivity contribution in [3.63, 3.8) is 0 Å². The molecule has 2 rings (SSSR count). The van der Waals surface area contributed by atoms with Crippen molar-refractivity contribution in [1.82, 2.24) is 9.78 Å². The molecule has 0 saturated heterocycles. The number of nitrogens with zero attached hydrogens (tertiary/aromatic N) is 2. The lowest BCUT2D eigenvalue weighted by Crippen LogP contribution is -2.23. The van der Waals surface area contributed by atoms with Crippen LogP contribution in [0.1, 0.15) is 50.8 Å². The highest BCUT2D eigenvalue weighted by Gasteiger charge is 2.25. The van der Waals surface area contributed by atoms with Crippen molar-refractivity contribution in [2.24, 2.45) is 5.92 Å². The maximum absolute atomic E-state index is 5.85. The highest BCUT2D eigenvalue weighted by atomic mass is 15.3. The Balaban J connectivity index is 2.20. The third-order valence-electron chi connectivity index (χ3n) is 3.69. The normalized spacial score (nSPS) is 26.8. The van der Waals surface area contributed by atoms with Crippen LogP contribution < -0.4 is 5.73 Å². The molecule has 1 fully saturated rings. The monoisotopic (exact) mass is 207 g/mol. The molecule has 3 nitrogen and oxygen atoms in total. The Labute approximate surface area is 91.7 Å². The van der Waals surface area contributed by atoms with E-state index in [1.165, 1.54) is 32.1 Å². The van der Waals surface area contributed by atoms with Crippen LogP contribution in [0, 0.1) is 12.8 Å². The zero-order valence-electron chi connectivity index (χ0n) is 9.74. The van der Waals surface area contributed by atoms with Gasteiger partial charge in [0.2, 0.25) is 0 Å². The van der Waals surface area contributed by atoms with Crippen molar-refractivity contribution in [3.05, 3.63) is 11.9 Å². The van der Waals surface area contributed by atoms with Crippen LogP contribution in [0.5, 0.6) is 0 Å². The number of hydrogen-bond acceptors (Lipinski definition) is 2. The quantitative estimate of drug-likeness (QED) is 0.810. The SMILES string of the molecule is CCC1CCCCC1n1cc(N)c(C)n1. The minimum atomic E-state index is 0.583. The van der Waals surface area contributed by atoms with Gasteiger partial charge in [0, 0.05) is 6.20 Å². The van der Waals surface area contributed by atoms with Gasteiger partial charge in [0.25, 0.3) is 0 Å².